The van der Waals surface area contributed by atoms with Crippen LogP contribution in [0.15, 0.2) is 0 Å². The van der Waals surface area contributed by atoms with Crippen LogP contribution in [0.1, 0.15) is 58.8 Å². The lowest BCUT2D eigenvalue weighted by atomic mass is 9.64. The van der Waals surface area contributed by atoms with Crippen LogP contribution >= 0.6 is 0 Å². The summed E-state index contributed by atoms with van der Waals surface area (Å²) in [5.74, 6) is 1.91. The van der Waals surface area contributed by atoms with E-state index in [1.165, 1.54) is 25.7 Å². The average Bonchev–Trinajstić information content (AvgIpc) is 2.36. The van der Waals surface area contributed by atoms with Gasteiger partial charge in [-0.05, 0) is 55.8 Å². The van der Waals surface area contributed by atoms with E-state index < -0.39 is 0 Å². The summed E-state index contributed by atoms with van der Waals surface area (Å²) in [7, 11) is 0. The zero-order chi connectivity index (χ0) is 14.3. The molecule has 2 aliphatic carbocycles. The van der Waals surface area contributed by atoms with Crippen LogP contribution in [0.4, 0.5) is 0 Å². The summed E-state index contributed by atoms with van der Waals surface area (Å²) < 4.78 is 0. The zero-order valence-corrected chi connectivity index (χ0v) is 13.1. The monoisotopic (exact) mass is 278 g/mol. The fourth-order valence-corrected chi connectivity index (χ4v) is 4.86. The Morgan fingerprint density at radius 2 is 1.80 bits per heavy atom. The first-order chi connectivity index (χ1) is 9.46. The number of rotatable bonds is 1. The largest absolute Gasteiger partial charge is 0.342 e. The number of hydrogen-bond acceptors (Lipinski definition) is 2. The Morgan fingerprint density at radius 1 is 1.15 bits per heavy atom. The second-order valence-electron chi connectivity index (χ2n) is 8.22. The van der Waals surface area contributed by atoms with Gasteiger partial charge in [-0.3, -0.25) is 4.79 Å². The van der Waals surface area contributed by atoms with Gasteiger partial charge in [0.1, 0.15) is 0 Å². The lowest BCUT2D eigenvalue weighted by molar-refractivity contribution is -0.141. The summed E-state index contributed by atoms with van der Waals surface area (Å²) in [6, 6.07) is 0.366. The van der Waals surface area contributed by atoms with Crippen molar-refractivity contribution in [3.8, 4) is 0 Å². The molecule has 0 spiro atoms. The Hall–Kier alpha value is -0.570. The van der Waals surface area contributed by atoms with Gasteiger partial charge in [-0.2, -0.15) is 0 Å². The van der Waals surface area contributed by atoms with Gasteiger partial charge in [-0.1, -0.05) is 20.3 Å². The van der Waals surface area contributed by atoms with E-state index in [4.69, 9.17) is 5.73 Å². The van der Waals surface area contributed by atoms with Crippen molar-refractivity contribution in [1.29, 1.82) is 0 Å². The Morgan fingerprint density at radius 3 is 2.40 bits per heavy atom. The highest BCUT2D eigenvalue weighted by atomic mass is 16.2. The fraction of sp³-hybridized carbons (Fsp3) is 0.941. The standard InChI is InChI=1S/C17H30N2O/c1-17(2)7-4-8-19(11-17)16(20)14-9-12-5-3-6-13(10-14)15(12)18/h12-15H,3-11,18H2,1-2H3. The third kappa shape index (κ3) is 2.74. The molecule has 3 fully saturated rings. The first-order valence-electron chi connectivity index (χ1n) is 8.51. The van der Waals surface area contributed by atoms with Gasteiger partial charge in [-0.15, -0.1) is 0 Å². The molecule has 0 aromatic rings. The maximum absolute atomic E-state index is 12.9. The van der Waals surface area contributed by atoms with Crippen molar-refractivity contribution in [2.24, 2.45) is 28.9 Å². The fourth-order valence-electron chi connectivity index (χ4n) is 4.86. The number of nitrogens with two attached hydrogens (primary N) is 1. The van der Waals surface area contributed by atoms with Gasteiger partial charge in [0.25, 0.3) is 0 Å². The summed E-state index contributed by atoms with van der Waals surface area (Å²) in [6.07, 6.45) is 8.32. The molecule has 2 saturated carbocycles. The molecule has 20 heavy (non-hydrogen) atoms. The van der Waals surface area contributed by atoms with Gasteiger partial charge in [0.15, 0.2) is 0 Å². The van der Waals surface area contributed by atoms with Crippen LogP contribution in [-0.2, 0) is 4.79 Å². The lowest BCUT2D eigenvalue weighted by Crippen LogP contribution is -2.52. The molecule has 1 aliphatic heterocycles. The number of piperidine rings is 1. The number of carbonyl (C=O) groups is 1. The van der Waals surface area contributed by atoms with Crippen molar-refractivity contribution in [1.82, 2.24) is 4.90 Å². The van der Waals surface area contributed by atoms with Crippen molar-refractivity contribution >= 4 is 5.91 Å². The number of carbonyl (C=O) groups excluding carboxylic acids is 1. The highest BCUT2D eigenvalue weighted by molar-refractivity contribution is 5.79. The van der Waals surface area contributed by atoms with Gasteiger partial charge in [0.05, 0.1) is 0 Å². The molecular formula is C17H30N2O. The third-order valence-corrected chi connectivity index (χ3v) is 5.97. The van der Waals surface area contributed by atoms with Gasteiger partial charge >= 0.3 is 0 Å². The minimum atomic E-state index is 0.263. The molecule has 1 heterocycles. The predicted octanol–water partition coefficient (Wildman–Crippen LogP) is 2.79. The topological polar surface area (TPSA) is 46.3 Å². The first kappa shape index (κ1) is 14.4. The van der Waals surface area contributed by atoms with Crippen molar-refractivity contribution in [2.75, 3.05) is 13.1 Å². The van der Waals surface area contributed by atoms with E-state index in [0.717, 1.165) is 32.4 Å². The van der Waals surface area contributed by atoms with Gasteiger partial charge in [0, 0.05) is 25.0 Å². The number of hydrogen-bond donors (Lipinski definition) is 1. The van der Waals surface area contributed by atoms with Crippen molar-refractivity contribution < 1.29 is 4.79 Å². The molecule has 114 valence electrons. The summed E-state index contributed by atoms with van der Waals surface area (Å²) in [5, 5.41) is 0. The molecule has 2 bridgehead atoms. The van der Waals surface area contributed by atoms with E-state index in [0.29, 0.717) is 29.2 Å². The second kappa shape index (κ2) is 5.32. The summed E-state index contributed by atoms with van der Waals surface area (Å²) in [4.78, 5) is 15.0. The molecule has 3 aliphatic rings. The lowest BCUT2D eigenvalue weighted by Gasteiger charge is -2.46. The minimum absolute atomic E-state index is 0.263. The maximum atomic E-state index is 12.9. The van der Waals surface area contributed by atoms with E-state index in [2.05, 4.69) is 18.7 Å². The summed E-state index contributed by atoms with van der Waals surface area (Å²) in [6.45, 7) is 6.50. The van der Waals surface area contributed by atoms with Gasteiger partial charge in [0.2, 0.25) is 5.91 Å². The van der Waals surface area contributed by atoms with Crippen LogP contribution in [0.25, 0.3) is 0 Å². The Bertz CT molecular complexity index is 365. The smallest absolute Gasteiger partial charge is 0.225 e. The van der Waals surface area contributed by atoms with E-state index in [1.54, 1.807) is 0 Å². The SMILES string of the molecule is CC1(C)CCCN(C(=O)C2CC3CCCC(C2)C3N)C1. The van der Waals surface area contributed by atoms with Crippen molar-refractivity contribution in [3.05, 3.63) is 0 Å². The van der Waals surface area contributed by atoms with Crippen LogP contribution in [0.5, 0.6) is 0 Å². The van der Waals surface area contributed by atoms with Crippen LogP contribution in [0, 0.1) is 23.2 Å². The van der Waals surface area contributed by atoms with Crippen molar-refractivity contribution in [2.45, 2.75) is 64.8 Å². The first-order valence-corrected chi connectivity index (χ1v) is 8.51. The molecule has 3 heteroatoms. The Kier molecular flexibility index (Phi) is 3.83. The van der Waals surface area contributed by atoms with Gasteiger partial charge in [-0.25, -0.2) is 0 Å². The molecular weight excluding hydrogens is 248 g/mol. The Balaban J connectivity index is 1.66. The highest BCUT2D eigenvalue weighted by Gasteiger charge is 2.42. The highest BCUT2D eigenvalue weighted by Crippen LogP contribution is 2.43. The van der Waals surface area contributed by atoms with E-state index in [-0.39, 0.29) is 5.92 Å². The molecule has 2 N–H and O–H groups in total. The van der Waals surface area contributed by atoms with Crippen LogP contribution in [0.2, 0.25) is 0 Å². The average molecular weight is 278 g/mol. The van der Waals surface area contributed by atoms with Crippen molar-refractivity contribution in [3.63, 3.8) is 0 Å². The van der Waals surface area contributed by atoms with Crippen LogP contribution < -0.4 is 5.73 Å². The molecule has 0 aromatic heterocycles. The molecule has 2 atom stereocenters. The van der Waals surface area contributed by atoms with E-state index in [1.807, 2.05) is 0 Å². The Labute approximate surface area is 123 Å². The zero-order valence-electron chi connectivity index (χ0n) is 13.1. The predicted molar refractivity (Wildman–Crippen MR) is 81.1 cm³/mol. The number of likely N-dealkylation sites (tertiary alicyclic amines) is 1. The van der Waals surface area contributed by atoms with E-state index in [9.17, 15) is 4.79 Å². The summed E-state index contributed by atoms with van der Waals surface area (Å²) in [5.41, 5.74) is 6.64. The molecule has 3 rings (SSSR count). The molecule has 1 saturated heterocycles. The molecule has 3 nitrogen and oxygen atoms in total. The van der Waals surface area contributed by atoms with Gasteiger partial charge < -0.3 is 10.6 Å². The molecule has 0 aromatic carbocycles. The number of amides is 1. The molecule has 0 radical (unpaired) electrons. The molecule has 2 unspecified atom stereocenters. The molecule has 1 amide bonds. The third-order valence-electron chi connectivity index (χ3n) is 5.97. The normalized spacial score (nSPS) is 40.5. The minimum Gasteiger partial charge on any atom is -0.342 e. The second-order valence-corrected chi connectivity index (χ2v) is 8.22. The van der Waals surface area contributed by atoms with Crippen LogP contribution in [-0.4, -0.2) is 29.9 Å². The number of nitrogens with zero attached hydrogens (tertiary/aromatic N) is 1. The maximum Gasteiger partial charge on any atom is 0.225 e. The van der Waals surface area contributed by atoms with E-state index >= 15 is 0 Å². The number of fused-ring (bicyclic) bond motifs is 2. The summed E-state index contributed by atoms with van der Waals surface area (Å²) >= 11 is 0. The van der Waals surface area contributed by atoms with Crippen LogP contribution in [0.3, 0.4) is 0 Å². The quantitative estimate of drug-likeness (QED) is 0.801.